The van der Waals surface area contributed by atoms with E-state index in [-0.39, 0.29) is 23.9 Å². The molecule has 19 heavy (non-hydrogen) atoms. The molecule has 2 rings (SSSR count). The summed E-state index contributed by atoms with van der Waals surface area (Å²) in [6.45, 7) is 2.03. The Morgan fingerprint density at radius 1 is 1.37 bits per heavy atom. The Labute approximate surface area is 117 Å². The van der Waals surface area contributed by atoms with Gasteiger partial charge in [0.25, 0.3) is 0 Å². The van der Waals surface area contributed by atoms with Crippen LogP contribution in [0.2, 0.25) is 5.02 Å². The smallest absolute Gasteiger partial charge is 0.243 e. The molecule has 1 saturated heterocycles. The lowest BCUT2D eigenvalue weighted by Gasteiger charge is -2.25. The van der Waals surface area contributed by atoms with Crippen LogP contribution in [0.25, 0.3) is 0 Å². The Bertz CT molecular complexity index is 473. The molecule has 1 heterocycles. The predicted molar refractivity (Wildman–Crippen MR) is 73.9 cm³/mol. The van der Waals surface area contributed by atoms with E-state index in [2.05, 4.69) is 10.6 Å². The van der Waals surface area contributed by atoms with Crippen molar-refractivity contribution in [1.29, 1.82) is 0 Å². The number of hydrogen-bond donors (Lipinski definition) is 2. The first kappa shape index (κ1) is 14.0. The highest BCUT2D eigenvalue weighted by atomic mass is 35.5. The lowest BCUT2D eigenvalue weighted by Crippen LogP contribution is -2.53. The molecule has 0 saturated carbocycles. The van der Waals surface area contributed by atoms with Gasteiger partial charge < -0.3 is 5.32 Å². The largest absolute Gasteiger partial charge is 0.303 e. The van der Waals surface area contributed by atoms with Crippen LogP contribution in [0, 0.1) is 0 Å². The minimum Gasteiger partial charge on any atom is -0.303 e. The summed E-state index contributed by atoms with van der Waals surface area (Å²) >= 11 is 5.84. The third-order valence-electron chi connectivity index (χ3n) is 3.18. The highest BCUT2D eigenvalue weighted by molar-refractivity contribution is 6.30. The number of benzene rings is 1. The van der Waals surface area contributed by atoms with Crippen molar-refractivity contribution in [3.05, 3.63) is 34.9 Å². The van der Waals surface area contributed by atoms with Crippen LogP contribution in [-0.2, 0) is 16.0 Å². The molecular weight excluding hydrogens is 264 g/mol. The van der Waals surface area contributed by atoms with Crippen LogP contribution in [0.4, 0.5) is 0 Å². The molecule has 0 spiro atoms. The van der Waals surface area contributed by atoms with Crippen LogP contribution < -0.4 is 10.6 Å². The van der Waals surface area contributed by atoms with Gasteiger partial charge in [-0.15, -0.1) is 0 Å². The number of imide groups is 1. The first-order chi connectivity index (χ1) is 9.04. The van der Waals surface area contributed by atoms with Gasteiger partial charge in [0.05, 0.1) is 6.04 Å². The summed E-state index contributed by atoms with van der Waals surface area (Å²) in [5.41, 5.74) is 1.16. The van der Waals surface area contributed by atoms with E-state index in [4.69, 9.17) is 11.6 Å². The topological polar surface area (TPSA) is 58.2 Å². The summed E-state index contributed by atoms with van der Waals surface area (Å²) in [6.07, 6.45) is 1.78. The van der Waals surface area contributed by atoms with Crippen molar-refractivity contribution in [2.75, 3.05) is 0 Å². The molecule has 2 amide bonds. The molecule has 2 unspecified atom stereocenters. The number of halogens is 1. The normalized spacial score (nSPS) is 21.1. The van der Waals surface area contributed by atoms with Crippen LogP contribution in [0.5, 0.6) is 0 Å². The predicted octanol–water partition coefficient (Wildman–Crippen LogP) is 1.67. The van der Waals surface area contributed by atoms with Gasteiger partial charge in [-0.3, -0.25) is 14.9 Å². The lowest BCUT2D eigenvalue weighted by atomic mass is 10.0. The minimum atomic E-state index is -0.278. The van der Waals surface area contributed by atoms with Crippen LogP contribution in [0.1, 0.15) is 25.3 Å². The van der Waals surface area contributed by atoms with E-state index in [1.807, 2.05) is 31.2 Å². The number of hydrogen-bond acceptors (Lipinski definition) is 3. The Balaban J connectivity index is 1.87. The Hall–Kier alpha value is -1.39. The molecule has 1 aromatic carbocycles. The summed E-state index contributed by atoms with van der Waals surface area (Å²) < 4.78 is 0. The zero-order valence-electron chi connectivity index (χ0n) is 10.8. The van der Waals surface area contributed by atoms with Gasteiger partial charge in [-0.25, -0.2) is 0 Å². The number of piperidine rings is 1. The molecule has 1 fully saturated rings. The third-order valence-corrected chi connectivity index (χ3v) is 3.43. The molecule has 0 bridgehead atoms. The van der Waals surface area contributed by atoms with Gasteiger partial charge in [0, 0.05) is 17.5 Å². The maximum atomic E-state index is 11.6. The van der Waals surface area contributed by atoms with Gasteiger partial charge >= 0.3 is 0 Å². The fraction of sp³-hybridized carbons (Fsp3) is 0.429. The fourth-order valence-corrected chi connectivity index (χ4v) is 2.35. The van der Waals surface area contributed by atoms with Crippen LogP contribution in [-0.4, -0.2) is 23.9 Å². The van der Waals surface area contributed by atoms with Crippen molar-refractivity contribution in [2.45, 2.75) is 38.3 Å². The second-order valence-electron chi connectivity index (χ2n) is 4.90. The van der Waals surface area contributed by atoms with Crippen molar-refractivity contribution in [2.24, 2.45) is 0 Å². The number of carbonyl (C=O) groups excluding carboxylic acids is 2. The maximum Gasteiger partial charge on any atom is 0.243 e. The molecule has 2 N–H and O–H groups in total. The lowest BCUT2D eigenvalue weighted by molar-refractivity contribution is -0.134. The Morgan fingerprint density at radius 3 is 2.68 bits per heavy atom. The summed E-state index contributed by atoms with van der Waals surface area (Å²) in [6, 6.07) is 7.55. The average Bonchev–Trinajstić information content (AvgIpc) is 2.36. The van der Waals surface area contributed by atoms with E-state index in [0.717, 1.165) is 17.0 Å². The van der Waals surface area contributed by atoms with Gasteiger partial charge in [0.2, 0.25) is 11.8 Å². The maximum absolute atomic E-state index is 11.6. The van der Waals surface area contributed by atoms with Gasteiger partial charge in [0.1, 0.15) is 0 Å². The zero-order chi connectivity index (χ0) is 13.8. The first-order valence-corrected chi connectivity index (χ1v) is 6.76. The molecule has 0 aromatic heterocycles. The third kappa shape index (κ3) is 4.04. The van der Waals surface area contributed by atoms with Crippen LogP contribution in [0.15, 0.2) is 24.3 Å². The van der Waals surface area contributed by atoms with Crippen molar-refractivity contribution in [3.8, 4) is 0 Å². The SMILES string of the molecule is CC(Cc1ccc(Cl)cc1)NC1CCC(=O)NC1=O. The molecule has 1 aliphatic rings. The molecule has 4 nitrogen and oxygen atoms in total. The zero-order valence-corrected chi connectivity index (χ0v) is 11.5. The van der Waals surface area contributed by atoms with E-state index < -0.39 is 0 Å². The molecule has 0 radical (unpaired) electrons. The first-order valence-electron chi connectivity index (χ1n) is 6.39. The van der Waals surface area contributed by atoms with Gasteiger partial charge in [-0.05, 0) is 37.5 Å². The summed E-state index contributed by atoms with van der Waals surface area (Å²) in [4.78, 5) is 22.7. The number of nitrogens with one attached hydrogen (secondary N) is 2. The van der Waals surface area contributed by atoms with E-state index in [1.54, 1.807) is 0 Å². The minimum absolute atomic E-state index is 0.158. The average molecular weight is 281 g/mol. The number of carbonyl (C=O) groups is 2. The van der Waals surface area contributed by atoms with Crippen molar-refractivity contribution in [3.63, 3.8) is 0 Å². The molecule has 2 atom stereocenters. The Morgan fingerprint density at radius 2 is 2.05 bits per heavy atom. The summed E-state index contributed by atoms with van der Waals surface area (Å²) in [5, 5.41) is 6.32. The molecule has 102 valence electrons. The second kappa shape index (κ2) is 6.17. The summed E-state index contributed by atoms with van der Waals surface area (Å²) in [7, 11) is 0. The fourth-order valence-electron chi connectivity index (χ4n) is 2.23. The highest BCUT2D eigenvalue weighted by Gasteiger charge is 2.27. The monoisotopic (exact) mass is 280 g/mol. The van der Waals surface area contributed by atoms with E-state index in [9.17, 15) is 9.59 Å². The van der Waals surface area contributed by atoms with Crippen molar-refractivity contribution >= 4 is 23.4 Å². The standard InChI is InChI=1S/C14H17ClN2O2/c1-9(8-10-2-4-11(15)5-3-10)16-12-6-7-13(18)17-14(12)19/h2-5,9,12,16H,6-8H2,1H3,(H,17,18,19). The highest BCUT2D eigenvalue weighted by Crippen LogP contribution is 2.12. The molecule has 1 aliphatic heterocycles. The van der Waals surface area contributed by atoms with Crippen molar-refractivity contribution in [1.82, 2.24) is 10.6 Å². The van der Waals surface area contributed by atoms with E-state index >= 15 is 0 Å². The molecular formula is C14H17ClN2O2. The van der Waals surface area contributed by atoms with Crippen LogP contribution in [0.3, 0.4) is 0 Å². The molecule has 0 aliphatic carbocycles. The van der Waals surface area contributed by atoms with E-state index in [0.29, 0.717) is 12.8 Å². The van der Waals surface area contributed by atoms with Gasteiger partial charge in [0.15, 0.2) is 0 Å². The van der Waals surface area contributed by atoms with E-state index in [1.165, 1.54) is 0 Å². The quantitative estimate of drug-likeness (QED) is 0.825. The number of rotatable bonds is 4. The number of amides is 2. The molecule has 5 heteroatoms. The van der Waals surface area contributed by atoms with Gasteiger partial charge in [-0.1, -0.05) is 23.7 Å². The molecule has 1 aromatic rings. The second-order valence-corrected chi connectivity index (χ2v) is 5.34. The Kier molecular flexibility index (Phi) is 4.56. The van der Waals surface area contributed by atoms with Gasteiger partial charge in [-0.2, -0.15) is 0 Å². The summed E-state index contributed by atoms with van der Waals surface area (Å²) in [5.74, 6) is -0.410. The van der Waals surface area contributed by atoms with Crippen LogP contribution >= 0.6 is 11.6 Å². The van der Waals surface area contributed by atoms with Crippen molar-refractivity contribution < 1.29 is 9.59 Å².